The molecule has 180 valence electrons. The van der Waals surface area contributed by atoms with Gasteiger partial charge in [-0.05, 0) is 67.1 Å². The molecule has 5 nitrogen and oxygen atoms in total. The van der Waals surface area contributed by atoms with Crippen LogP contribution in [0.4, 0.5) is 5.69 Å². The summed E-state index contributed by atoms with van der Waals surface area (Å²) in [5.41, 5.74) is 2.12. The Balaban J connectivity index is 1.37. The van der Waals surface area contributed by atoms with Gasteiger partial charge < -0.3 is 15.1 Å². The van der Waals surface area contributed by atoms with Gasteiger partial charge >= 0.3 is 0 Å². The lowest BCUT2D eigenvalue weighted by Crippen LogP contribution is -2.40. The first-order chi connectivity index (χ1) is 16.3. The van der Waals surface area contributed by atoms with E-state index in [1.165, 1.54) is 18.2 Å². The van der Waals surface area contributed by atoms with E-state index in [0.717, 1.165) is 54.0 Å². The van der Waals surface area contributed by atoms with E-state index in [4.69, 9.17) is 11.6 Å². The molecule has 0 unspecified atom stereocenters. The predicted octanol–water partition coefficient (Wildman–Crippen LogP) is 5.55. The van der Waals surface area contributed by atoms with E-state index in [2.05, 4.69) is 24.1 Å². The molecule has 2 atom stereocenters. The number of nitrogens with one attached hydrogen (secondary N) is 1. The van der Waals surface area contributed by atoms with Gasteiger partial charge in [0.1, 0.15) is 0 Å². The largest absolute Gasteiger partial charge is 0.352 e. The van der Waals surface area contributed by atoms with Crippen molar-refractivity contribution in [2.24, 2.45) is 11.8 Å². The summed E-state index contributed by atoms with van der Waals surface area (Å²) in [5, 5.41) is 3.64. The van der Waals surface area contributed by atoms with Crippen molar-refractivity contribution in [1.82, 2.24) is 10.2 Å². The van der Waals surface area contributed by atoms with Crippen molar-refractivity contribution in [1.29, 1.82) is 0 Å². The number of carbonyl (C=O) groups excluding carboxylic acids is 2. The molecule has 2 heterocycles. The second-order valence-electron chi connectivity index (χ2n) is 9.49. The van der Waals surface area contributed by atoms with Crippen molar-refractivity contribution in [2.45, 2.75) is 31.6 Å². The lowest BCUT2D eigenvalue weighted by Gasteiger charge is -2.34. The lowest BCUT2D eigenvalue weighted by atomic mass is 9.92. The monoisotopic (exact) mass is 497 g/mol. The van der Waals surface area contributed by atoms with Crippen LogP contribution in [-0.2, 0) is 4.79 Å². The zero-order valence-corrected chi connectivity index (χ0v) is 21.6. The number of thioether (sulfide) groups is 1. The number of halogens is 1. The van der Waals surface area contributed by atoms with Crippen LogP contribution in [0.25, 0.3) is 6.08 Å². The second-order valence-corrected chi connectivity index (χ2v) is 11.0. The molecule has 4 rings (SSSR count). The van der Waals surface area contributed by atoms with Gasteiger partial charge in [-0.1, -0.05) is 55.4 Å². The maximum Gasteiger partial charge on any atom is 0.264 e. The number of amides is 2. The van der Waals surface area contributed by atoms with Crippen molar-refractivity contribution < 1.29 is 9.59 Å². The van der Waals surface area contributed by atoms with Crippen molar-refractivity contribution in [3.63, 3.8) is 0 Å². The average Bonchev–Trinajstić information content (AvgIpc) is 2.80. The highest BCUT2D eigenvalue weighted by atomic mass is 35.5. The summed E-state index contributed by atoms with van der Waals surface area (Å²) in [4.78, 5) is 31.4. The zero-order chi connectivity index (χ0) is 24.2. The average molecular weight is 498 g/mol. The summed E-state index contributed by atoms with van der Waals surface area (Å²) in [6.07, 6.45) is 4.05. The standard InChI is InChI=1S/C27H32ClN3O2S/c1-18-13-19(2)17-31(16-18)12-6-11-29-26(32)21-9-10-24-23(14-21)30(3)27(33)25(34-24)15-20-7-4-5-8-22(20)28/h4-5,7-10,14-15,18-19H,6,11-13,16-17H2,1-3H3,(H,29,32)/b25-15-/t18-,19+. The SMILES string of the molecule is C[C@@H]1C[C@H](C)CN(CCCNC(=O)c2ccc3c(c2)N(C)C(=O)/C(=C/c2ccccc2Cl)S3)C1. The molecule has 2 aliphatic heterocycles. The Hall–Kier alpha value is -2.28. The summed E-state index contributed by atoms with van der Waals surface area (Å²) in [7, 11) is 1.74. The summed E-state index contributed by atoms with van der Waals surface area (Å²) in [6.45, 7) is 8.57. The third kappa shape index (κ3) is 5.85. The smallest absolute Gasteiger partial charge is 0.264 e. The molecule has 0 spiro atoms. The summed E-state index contributed by atoms with van der Waals surface area (Å²) < 4.78 is 0. The van der Waals surface area contributed by atoms with Crippen LogP contribution in [0.3, 0.4) is 0 Å². The molecular formula is C27H32ClN3O2S. The number of hydrogen-bond acceptors (Lipinski definition) is 4. The van der Waals surface area contributed by atoms with Crippen LogP contribution >= 0.6 is 23.4 Å². The number of rotatable bonds is 6. The number of fused-ring (bicyclic) bond motifs is 1. The van der Waals surface area contributed by atoms with Gasteiger partial charge in [0, 0.05) is 42.2 Å². The molecule has 0 radical (unpaired) electrons. The molecule has 1 fully saturated rings. The third-order valence-corrected chi connectivity index (χ3v) is 7.81. The molecule has 2 aromatic carbocycles. The third-order valence-electron chi connectivity index (χ3n) is 6.39. The molecule has 2 aliphatic rings. The minimum absolute atomic E-state index is 0.105. The Kier molecular flexibility index (Phi) is 8.02. The molecule has 0 saturated carbocycles. The Morgan fingerprint density at radius 2 is 1.91 bits per heavy atom. The van der Waals surface area contributed by atoms with E-state index in [-0.39, 0.29) is 11.8 Å². The maximum atomic E-state index is 13.0. The summed E-state index contributed by atoms with van der Waals surface area (Å²) in [5.74, 6) is 1.27. The number of benzene rings is 2. The van der Waals surface area contributed by atoms with Gasteiger partial charge in [0.2, 0.25) is 0 Å². The van der Waals surface area contributed by atoms with Gasteiger partial charge in [0.25, 0.3) is 11.8 Å². The van der Waals surface area contributed by atoms with Crippen molar-refractivity contribution in [3.8, 4) is 0 Å². The number of likely N-dealkylation sites (tertiary alicyclic amines) is 1. The van der Waals surface area contributed by atoms with E-state index in [9.17, 15) is 9.59 Å². The van der Waals surface area contributed by atoms with E-state index in [1.807, 2.05) is 42.5 Å². The fourth-order valence-electron chi connectivity index (χ4n) is 4.85. The number of anilines is 1. The number of piperidine rings is 1. The van der Waals surface area contributed by atoms with Crippen LogP contribution in [0, 0.1) is 11.8 Å². The predicted molar refractivity (Wildman–Crippen MR) is 141 cm³/mol. The maximum absolute atomic E-state index is 13.0. The number of likely N-dealkylation sites (N-methyl/N-ethyl adjacent to an activating group) is 1. The lowest BCUT2D eigenvalue weighted by molar-refractivity contribution is -0.114. The van der Waals surface area contributed by atoms with Crippen molar-refractivity contribution in [3.05, 3.63) is 63.5 Å². The normalized spacial score (nSPS) is 22.1. The molecule has 0 aromatic heterocycles. The highest BCUT2D eigenvalue weighted by molar-refractivity contribution is 8.04. The van der Waals surface area contributed by atoms with Crippen LogP contribution in [-0.4, -0.2) is 49.9 Å². The van der Waals surface area contributed by atoms with Gasteiger partial charge in [-0.3, -0.25) is 9.59 Å². The molecule has 2 amide bonds. The van der Waals surface area contributed by atoms with Crippen molar-refractivity contribution >= 4 is 46.9 Å². The minimum atomic E-state index is -0.111. The number of nitrogens with zero attached hydrogens (tertiary/aromatic N) is 2. The van der Waals surface area contributed by atoms with Gasteiger partial charge in [-0.15, -0.1) is 0 Å². The van der Waals surface area contributed by atoms with Gasteiger partial charge in [0.15, 0.2) is 0 Å². The Morgan fingerprint density at radius 1 is 1.18 bits per heavy atom. The van der Waals surface area contributed by atoms with E-state index in [1.54, 1.807) is 18.0 Å². The highest BCUT2D eigenvalue weighted by Gasteiger charge is 2.27. The number of carbonyl (C=O) groups is 2. The van der Waals surface area contributed by atoms with Crippen LogP contribution in [0.5, 0.6) is 0 Å². The van der Waals surface area contributed by atoms with Crippen molar-refractivity contribution in [2.75, 3.05) is 38.1 Å². The first-order valence-corrected chi connectivity index (χ1v) is 13.1. The zero-order valence-electron chi connectivity index (χ0n) is 20.0. The molecule has 0 bridgehead atoms. The Bertz CT molecular complexity index is 1090. The molecule has 7 heteroatoms. The molecule has 0 aliphatic carbocycles. The minimum Gasteiger partial charge on any atom is -0.352 e. The molecule has 1 saturated heterocycles. The van der Waals surface area contributed by atoms with E-state index >= 15 is 0 Å². The van der Waals surface area contributed by atoms with Gasteiger partial charge in [-0.25, -0.2) is 0 Å². The van der Waals surface area contributed by atoms with Crippen LogP contribution in [0.1, 0.15) is 42.6 Å². The van der Waals surface area contributed by atoms with Crippen LogP contribution < -0.4 is 10.2 Å². The Labute approximate surface area is 211 Å². The molecule has 2 aromatic rings. The molecule has 34 heavy (non-hydrogen) atoms. The summed E-state index contributed by atoms with van der Waals surface area (Å²) >= 11 is 7.67. The van der Waals surface area contributed by atoms with Gasteiger partial charge in [0.05, 0.1) is 10.6 Å². The highest BCUT2D eigenvalue weighted by Crippen LogP contribution is 2.42. The fourth-order valence-corrected chi connectivity index (χ4v) is 6.12. The molecule has 1 N–H and O–H groups in total. The fraction of sp³-hybridized carbons (Fsp3) is 0.407. The Morgan fingerprint density at radius 3 is 2.65 bits per heavy atom. The quantitative estimate of drug-likeness (QED) is 0.420. The van der Waals surface area contributed by atoms with Gasteiger partial charge in [-0.2, -0.15) is 0 Å². The topological polar surface area (TPSA) is 52.7 Å². The first-order valence-electron chi connectivity index (χ1n) is 11.9. The van der Waals surface area contributed by atoms with E-state index in [0.29, 0.717) is 22.0 Å². The first kappa shape index (κ1) is 24.8. The van der Waals surface area contributed by atoms with E-state index < -0.39 is 0 Å². The van der Waals surface area contributed by atoms with Crippen LogP contribution in [0.2, 0.25) is 5.02 Å². The number of hydrogen-bond donors (Lipinski definition) is 1. The molecular weight excluding hydrogens is 466 g/mol. The summed E-state index contributed by atoms with van der Waals surface area (Å²) in [6, 6.07) is 13.0. The second kappa shape index (κ2) is 11.0. The van der Waals surface area contributed by atoms with Crippen LogP contribution in [0.15, 0.2) is 52.3 Å².